The van der Waals surface area contributed by atoms with Crippen LogP contribution in [0, 0.1) is 0 Å². The van der Waals surface area contributed by atoms with Crippen molar-refractivity contribution < 1.29 is 0 Å². The Kier molecular flexibility index (Phi) is 13.3. The lowest BCUT2D eigenvalue weighted by Crippen LogP contribution is -2.17. The number of hydrogen-bond acceptors (Lipinski definition) is 2. The Morgan fingerprint density at radius 2 is 0.577 bits per heavy atom. The molecule has 4 nitrogen and oxygen atoms in total. The monoisotopic (exact) mass is 1240 g/mol. The van der Waals surface area contributed by atoms with Crippen LogP contribution in [-0.4, -0.2) is 9.13 Å². The molecule has 0 amide bonds. The molecule has 16 aromatic rings. The topological polar surface area (TPSA) is 16.3 Å². The molecular weight excluding hydrogens is 1170 g/mol. The van der Waals surface area contributed by atoms with E-state index in [0.29, 0.717) is 0 Å². The third-order valence-corrected chi connectivity index (χ3v) is 21.6. The fraction of sp³-hybridized carbons (Fsp3) is 0.0968. The number of rotatable bonds is 9. The van der Waals surface area contributed by atoms with Gasteiger partial charge in [-0.05, 0) is 164 Å². The summed E-state index contributed by atoms with van der Waals surface area (Å²) in [5.74, 6) is 0. The molecule has 0 bridgehead atoms. The van der Waals surface area contributed by atoms with Gasteiger partial charge >= 0.3 is 0 Å². The van der Waals surface area contributed by atoms with Crippen molar-refractivity contribution in [3.63, 3.8) is 0 Å². The highest BCUT2D eigenvalue weighted by Gasteiger charge is 2.41. The second-order valence-corrected chi connectivity index (χ2v) is 28.0. The highest BCUT2D eigenvalue weighted by molar-refractivity contribution is 6.13. The van der Waals surface area contributed by atoms with Crippen molar-refractivity contribution in [1.29, 1.82) is 0 Å². The summed E-state index contributed by atoms with van der Waals surface area (Å²) in [5.41, 5.74) is 32.5. The number of aromatic nitrogens is 2. The lowest BCUT2D eigenvalue weighted by Gasteiger charge is -2.30. The summed E-state index contributed by atoms with van der Waals surface area (Å²) >= 11 is 0. The van der Waals surface area contributed by atoms with E-state index in [1.165, 1.54) is 144 Å². The van der Waals surface area contributed by atoms with Gasteiger partial charge in [0.25, 0.3) is 0 Å². The Hall–Kier alpha value is -11.7. The molecule has 4 heteroatoms. The van der Waals surface area contributed by atoms with E-state index in [2.05, 4.69) is 388 Å². The molecule has 464 valence electrons. The zero-order valence-corrected chi connectivity index (χ0v) is 55.5. The molecule has 0 N–H and O–H groups in total. The van der Waals surface area contributed by atoms with Crippen molar-refractivity contribution in [2.45, 2.75) is 57.8 Å². The minimum absolute atomic E-state index is 0.0950. The van der Waals surface area contributed by atoms with Gasteiger partial charge in [-0.25, -0.2) is 0 Å². The Morgan fingerprint density at radius 1 is 0.227 bits per heavy atom. The molecule has 2 aromatic heterocycles. The summed E-state index contributed by atoms with van der Waals surface area (Å²) in [7, 11) is 0. The first-order valence-corrected chi connectivity index (χ1v) is 34.1. The van der Waals surface area contributed by atoms with Gasteiger partial charge in [-0.3, -0.25) is 0 Å². The number of benzene rings is 14. The van der Waals surface area contributed by atoms with Crippen LogP contribution >= 0.6 is 0 Å². The van der Waals surface area contributed by atoms with Crippen molar-refractivity contribution in [2.75, 3.05) is 9.80 Å². The average molecular weight is 1250 g/mol. The van der Waals surface area contributed by atoms with E-state index in [0.717, 1.165) is 22.7 Å². The first-order valence-electron chi connectivity index (χ1n) is 34.1. The molecular formula is C93H72N4. The lowest BCUT2D eigenvalue weighted by atomic mass is 9.82. The molecule has 19 rings (SSSR count). The molecule has 0 aliphatic heterocycles. The molecule has 14 aromatic carbocycles. The first kappa shape index (κ1) is 57.9. The Labute approximate surface area is 567 Å². The maximum Gasteiger partial charge on any atom is 0.0543 e. The van der Waals surface area contributed by atoms with Crippen LogP contribution in [0.4, 0.5) is 34.1 Å². The van der Waals surface area contributed by atoms with E-state index in [1.54, 1.807) is 0 Å². The van der Waals surface area contributed by atoms with Gasteiger partial charge in [-0.15, -0.1) is 0 Å². The SMILES string of the molecule is CC1(C)c2ccccc2-c2c(N(c3ccc4c(c3)c3ccccc3n4-c3ccccc3)c3ccccc3-c3ccccc3)cccc21.CC1(C)c2ccccc2-c2ccc(N(c3ccc4c(c3)c3ccccc3n4-c3ccccc3)c3cccc4c3-c3ccccc3C4(C)C)cc21. The fourth-order valence-electron chi connectivity index (χ4n) is 17.0. The van der Waals surface area contributed by atoms with Crippen LogP contribution in [0.25, 0.3) is 99.5 Å². The number of fused-ring (bicyclic) bond motifs is 15. The minimum Gasteiger partial charge on any atom is -0.310 e. The summed E-state index contributed by atoms with van der Waals surface area (Å²) in [4.78, 5) is 5.01. The van der Waals surface area contributed by atoms with Crippen molar-refractivity contribution in [3.05, 3.63) is 361 Å². The normalized spacial score (nSPS) is 13.9. The maximum atomic E-state index is 2.52. The zero-order valence-electron chi connectivity index (χ0n) is 55.5. The van der Waals surface area contributed by atoms with Crippen LogP contribution in [0.5, 0.6) is 0 Å². The van der Waals surface area contributed by atoms with Gasteiger partial charge in [-0.2, -0.15) is 0 Å². The van der Waals surface area contributed by atoms with E-state index < -0.39 is 0 Å². The molecule has 3 aliphatic rings. The summed E-state index contributed by atoms with van der Waals surface area (Å²) in [5, 5.41) is 4.98. The summed E-state index contributed by atoms with van der Waals surface area (Å²) in [6.07, 6.45) is 0. The quantitative estimate of drug-likeness (QED) is 0.143. The molecule has 3 aliphatic carbocycles. The molecule has 0 unspecified atom stereocenters. The molecule has 0 spiro atoms. The standard InChI is InChI=1S/C48H38N2.C45H34N2/c1-47(2)40-21-12-9-19-37(40)46-41(47)22-14-24-45(46)49(33-25-27-35-34-17-8-11-20-39(34)48(3,4)42(35)30-33)32-26-28-44-38(29-32)36-18-10-13-23-43(36)50(44)31-15-6-5-7-16-31;1-45(2)38-23-12-9-22-36(38)44-39(45)24-15-27-43(44)47(40-25-13-10-20-34(40)31-16-5-3-6-17-31)33-28-29-42-37(30-33)35-21-11-14-26-41(35)46(42)32-18-7-4-8-19-32/h5-30H,1-4H3;3-30H,1-2H3. The third-order valence-electron chi connectivity index (χ3n) is 21.6. The lowest BCUT2D eigenvalue weighted by molar-refractivity contribution is 0.660. The second-order valence-electron chi connectivity index (χ2n) is 28.0. The molecule has 97 heavy (non-hydrogen) atoms. The number of para-hydroxylation sites is 5. The van der Waals surface area contributed by atoms with Gasteiger partial charge in [0.1, 0.15) is 0 Å². The van der Waals surface area contributed by atoms with Gasteiger partial charge in [0.2, 0.25) is 0 Å². The van der Waals surface area contributed by atoms with Crippen molar-refractivity contribution >= 4 is 77.7 Å². The van der Waals surface area contributed by atoms with Gasteiger partial charge in [0.05, 0.1) is 39.1 Å². The minimum atomic E-state index is -0.103. The van der Waals surface area contributed by atoms with E-state index in [-0.39, 0.29) is 16.2 Å². The summed E-state index contributed by atoms with van der Waals surface area (Å²) < 4.78 is 4.78. The van der Waals surface area contributed by atoms with Crippen molar-refractivity contribution in [3.8, 4) is 55.9 Å². The Balaban J connectivity index is 0.000000141. The number of anilines is 6. The van der Waals surface area contributed by atoms with Crippen LogP contribution < -0.4 is 9.80 Å². The van der Waals surface area contributed by atoms with Crippen molar-refractivity contribution in [1.82, 2.24) is 9.13 Å². The van der Waals surface area contributed by atoms with Crippen LogP contribution in [0.3, 0.4) is 0 Å². The van der Waals surface area contributed by atoms with Gasteiger partial charge in [0.15, 0.2) is 0 Å². The fourth-order valence-corrected chi connectivity index (χ4v) is 17.0. The van der Waals surface area contributed by atoms with E-state index in [1.807, 2.05) is 0 Å². The van der Waals surface area contributed by atoms with Gasteiger partial charge in [-0.1, -0.05) is 266 Å². The number of hydrogen-bond donors (Lipinski definition) is 0. The van der Waals surface area contributed by atoms with Gasteiger partial charge < -0.3 is 18.9 Å². The predicted octanol–water partition coefficient (Wildman–Crippen LogP) is 25.1. The largest absolute Gasteiger partial charge is 0.310 e. The predicted molar refractivity (Wildman–Crippen MR) is 409 cm³/mol. The molecule has 0 radical (unpaired) electrons. The number of nitrogens with zero attached hydrogens (tertiary/aromatic N) is 4. The van der Waals surface area contributed by atoms with E-state index in [4.69, 9.17) is 0 Å². The smallest absolute Gasteiger partial charge is 0.0543 e. The third kappa shape index (κ3) is 8.89. The van der Waals surface area contributed by atoms with Gasteiger partial charge in [0, 0.05) is 82.9 Å². The second kappa shape index (κ2) is 22.2. The molecule has 0 atom stereocenters. The van der Waals surface area contributed by atoms with E-state index in [9.17, 15) is 0 Å². The van der Waals surface area contributed by atoms with Crippen LogP contribution in [0.15, 0.2) is 328 Å². The maximum absolute atomic E-state index is 2.52. The summed E-state index contributed by atoms with van der Waals surface area (Å²) in [6, 6.07) is 120. The molecule has 0 saturated heterocycles. The summed E-state index contributed by atoms with van der Waals surface area (Å²) in [6.45, 7) is 14.2. The zero-order chi connectivity index (χ0) is 65.3. The first-order chi connectivity index (χ1) is 47.4. The Morgan fingerprint density at radius 3 is 1.11 bits per heavy atom. The van der Waals surface area contributed by atoms with Crippen LogP contribution in [-0.2, 0) is 16.2 Å². The molecule has 0 fully saturated rings. The highest BCUT2D eigenvalue weighted by atomic mass is 15.2. The molecule has 0 saturated carbocycles. The average Bonchev–Trinajstić information content (AvgIpc) is 1.59. The van der Waals surface area contributed by atoms with Crippen LogP contribution in [0.2, 0.25) is 0 Å². The van der Waals surface area contributed by atoms with E-state index >= 15 is 0 Å². The Bertz CT molecular complexity index is 5810. The highest BCUT2D eigenvalue weighted by Crippen LogP contribution is 2.58. The van der Waals surface area contributed by atoms with Crippen LogP contribution in [0.1, 0.15) is 74.9 Å². The van der Waals surface area contributed by atoms with Crippen molar-refractivity contribution in [2.24, 2.45) is 0 Å². The molecule has 2 heterocycles.